The summed E-state index contributed by atoms with van der Waals surface area (Å²) in [5.41, 5.74) is 1.69. The van der Waals surface area contributed by atoms with Crippen LogP contribution in [-0.4, -0.2) is 53.1 Å². The number of nitro benzene ring substituents is 1. The lowest BCUT2D eigenvalue weighted by Crippen LogP contribution is -2.51. The van der Waals surface area contributed by atoms with Gasteiger partial charge in [0.15, 0.2) is 0 Å². The van der Waals surface area contributed by atoms with Gasteiger partial charge in [-0.25, -0.2) is 0 Å². The summed E-state index contributed by atoms with van der Waals surface area (Å²) in [4.78, 5) is 27.0. The van der Waals surface area contributed by atoms with Crippen LogP contribution >= 0.6 is 0 Å². The Morgan fingerprint density at radius 3 is 2.92 bits per heavy atom. The number of likely N-dealkylation sites (tertiary alicyclic amines) is 1. The summed E-state index contributed by atoms with van der Waals surface area (Å²) in [6, 6.07) is 4.70. The van der Waals surface area contributed by atoms with Gasteiger partial charge in [-0.3, -0.25) is 19.8 Å². The number of carbonyl (C=O) groups is 1. The van der Waals surface area contributed by atoms with Crippen molar-refractivity contribution in [3.05, 3.63) is 33.9 Å². The molecule has 1 N–H and O–H groups in total. The maximum atomic E-state index is 12.7. The molecule has 2 aliphatic heterocycles. The number of rotatable bonds is 4. The quantitative estimate of drug-likeness (QED) is 0.668. The van der Waals surface area contributed by atoms with E-state index in [-0.39, 0.29) is 30.8 Å². The maximum absolute atomic E-state index is 12.7. The molecule has 1 saturated heterocycles. The first-order valence-corrected chi connectivity index (χ1v) is 8.44. The summed E-state index contributed by atoms with van der Waals surface area (Å²) in [5.74, 6) is 0.375. The summed E-state index contributed by atoms with van der Waals surface area (Å²) in [6.45, 7) is 3.84. The third kappa shape index (κ3) is 3.14. The van der Waals surface area contributed by atoms with Crippen molar-refractivity contribution in [3.8, 4) is 0 Å². The molecule has 1 aromatic rings. The number of benzene rings is 1. The van der Waals surface area contributed by atoms with E-state index in [1.54, 1.807) is 17.0 Å². The van der Waals surface area contributed by atoms with Crippen LogP contribution in [-0.2, 0) is 11.2 Å². The van der Waals surface area contributed by atoms with E-state index in [9.17, 15) is 20.0 Å². The lowest BCUT2D eigenvalue weighted by atomic mass is 9.91. The Kier molecular flexibility index (Phi) is 4.82. The minimum atomic E-state index is -0.411. The maximum Gasteiger partial charge on any atom is 0.269 e. The molecule has 130 valence electrons. The molecule has 2 aliphatic rings. The average Bonchev–Trinajstić information content (AvgIpc) is 2.98. The van der Waals surface area contributed by atoms with Crippen LogP contribution in [0.5, 0.6) is 0 Å². The monoisotopic (exact) mass is 333 g/mol. The molecule has 2 heterocycles. The number of amides is 1. The minimum absolute atomic E-state index is 0.00449. The van der Waals surface area contributed by atoms with Gasteiger partial charge in [-0.15, -0.1) is 0 Å². The molecular weight excluding hydrogens is 310 g/mol. The molecule has 0 aromatic heterocycles. The van der Waals surface area contributed by atoms with Crippen molar-refractivity contribution < 1.29 is 14.8 Å². The highest BCUT2D eigenvalue weighted by Gasteiger charge is 2.32. The van der Waals surface area contributed by atoms with Crippen molar-refractivity contribution >= 4 is 17.3 Å². The Morgan fingerprint density at radius 2 is 2.21 bits per heavy atom. The zero-order valence-corrected chi connectivity index (χ0v) is 13.9. The molecule has 2 atom stereocenters. The molecule has 1 amide bonds. The van der Waals surface area contributed by atoms with E-state index >= 15 is 0 Å². The van der Waals surface area contributed by atoms with E-state index in [0.717, 1.165) is 30.6 Å². The Hall–Kier alpha value is -1.99. The van der Waals surface area contributed by atoms with Gasteiger partial charge in [0.25, 0.3) is 5.69 Å². The summed E-state index contributed by atoms with van der Waals surface area (Å²) < 4.78 is 0. The van der Waals surface area contributed by atoms with E-state index in [0.29, 0.717) is 18.9 Å². The lowest BCUT2D eigenvalue weighted by molar-refractivity contribution is -0.384. The molecule has 0 aliphatic carbocycles. The zero-order valence-electron chi connectivity index (χ0n) is 13.9. The highest BCUT2D eigenvalue weighted by molar-refractivity contribution is 5.97. The van der Waals surface area contributed by atoms with Crippen LogP contribution in [0.2, 0.25) is 0 Å². The fraction of sp³-hybridized carbons (Fsp3) is 0.588. The van der Waals surface area contributed by atoms with E-state index in [1.165, 1.54) is 6.07 Å². The second-order valence-corrected chi connectivity index (χ2v) is 6.71. The molecule has 7 heteroatoms. The minimum Gasteiger partial charge on any atom is -0.395 e. The van der Waals surface area contributed by atoms with Crippen LogP contribution in [0.15, 0.2) is 18.2 Å². The molecular formula is C17H23N3O4. The highest BCUT2D eigenvalue weighted by Crippen LogP contribution is 2.32. The summed E-state index contributed by atoms with van der Waals surface area (Å²) in [6.07, 6.45) is 2.75. The van der Waals surface area contributed by atoms with Crippen molar-refractivity contribution in [1.29, 1.82) is 0 Å². The normalized spacial score (nSPS) is 24.0. The van der Waals surface area contributed by atoms with Crippen LogP contribution in [0, 0.1) is 16.0 Å². The Balaban J connectivity index is 1.72. The Bertz CT molecular complexity index is 649. The standard InChI is InChI=1S/C17H23N3O4/c1-12-3-2-7-18(16(12)11-21)10-17(22)19-8-6-13-9-14(20(23)24)4-5-15(13)19/h4-5,9,12,16,21H,2-3,6-8,10-11H2,1H3. The van der Waals surface area contributed by atoms with Gasteiger partial charge in [0, 0.05) is 30.4 Å². The molecule has 3 rings (SSSR count). The Labute approximate surface area is 141 Å². The first kappa shape index (κ1) is 16.9. The molecule has 7 nitrogen and oxygen atoms in total. The fourth-order valence-electron chi connectivity index (χ4n) is 3.85. The predicted octanol–water partition coefficient (Wildman–Crippen LogP) is 1.58. The highest BCUT2D eigenvalue weighted by atomic mass is 16.6. The molecule has 0 radical (unpaired) electrons. The second kappa shape index (κ2) is 6.86. The van der Waals surface area contributed by atoms with Crippen LogP contribution in [0.3, 0.4) is 0 Å². The van der Waals surface area contributed by atoms with E-state index in [1.807, 2.05) is 0 Å². The van der Waals surface area contributed by atoms with Gasteiger partial charge in [0.2, 0.25) is 5.91 Å². The number of piperidine rings is 1. The molecule has 0 bridgehead atoms. The number of hydrogen-bond donors (Lipinski definition) is 1. The molecule has 0 spiro atoms. The number of nitrogens with zero attached hydrogens (tertiary/aromatic N) is 3. The first-order valence-electron chi connectivity index (χ1n) is 8.44. The number of non-ortho nitro benzene ring substituents is 1. The average molecular weight is 333 g/mol. The van der Waals surface area contributed by atoms with Gasteiger partial charge < -0.3 is 10.0 Å². The topological polar surface area (TPSA) is 86.9 Å². The number of carbonyl (C=O) groups excluding carboxylic acids is 1. The zero-order chi connectivity index (χ0) is 17.3. The van der Waals surface area contributed by atoms with E-state index in [4.69, 9.17) is 0 Å². The number of hydrogen-bond acceptors (Lipinski definition) is 5. The van der Waals surface area contributed by atoms with Gasteiger partial charge in [0.1, 0.15) is 0 Å². The van der Waals surface area contributed by atoms with E-state index in [2.05, 4.69) is 11.8 Å². The third-order valence-electron chi connectivity index (χ3n) is 5.23. The molecule has 24 heavy (non-hydrogen) atoms. The fourth-order valence-corrected chi connectivity index (χ4v) is 3.85. The number of nitro groups is 1. The summed E-state index contributed by atoms with van der Waals surface area (Å²) >= 11 is 0. The number of anilines is 1. The largest absolute Gasteiger partial charge is 0.395 e. The smallest absolute Gasteiger partial charge is 0.269 e. The number of aliphatic hydroxyl groups is 1. The molecule has 1 fully saturated rings. The van der Waals surface area contributed by atoms with Crippen molar-refractivity contribution in [2.75, 3.05) is 31.1 Å². The number of fused-ring (bicyclic) bond motifs is 1. The van der Waals surface area contributed by atoms with Crippen LogP contribution in [0.4, 0.5) is 11.4 Å². The molecule has 2 unspecified atom stereocenters. The van der Waals surface area contributed by atoms with Gasteiger partial charge >= 0.3 is 0 Å². The van der Waals surface area contributed by atoms with Crippen LogP contribution in [0.25, 0.3) is 0 Å². The van der Waals surface area contributed by atoms with Crippen molar-refractivity contribution in [2.24, 2.45) is 5.92 Å². The van der Waals surface area contributed by atoms with E-state index < -0.39 is 4.92 Å². The molecule has 0 saturated carbocycles. The lowest BCUT2D eigenvalue weighted by Gasteiger charge is -2.39. The second-order valence-electron chi connectivity index (χ2n) is 6.71. The van der Waals surface area contributed by atoms with Gasteiger partial charge in [0.05, 0.1) is 18.1 Å². The van der Waals surface area contributed by atoms with Crippen molar-refractivity contribution in [3.63, 3.8) is 0 Å². The molecule has 1 aromatic carbocycles. The van der Waals surface area contributed by atoms with Gasteiger partial charge in [-0.05, 0) is 43.4 Å². The van der Waals surface area contributed by atoms with Gasteiger partial charge in [-0.1, -0.05) is 6.92 Å². The van der Waals surface area contributed by atoms with Gasteiger partial charge in [-0.2, -0.15) is 0 Å². The first-order chi connectivity index (χ1) is 11.5. The van der Waals surface area contributed by atoms with Crippen LogP contribution in [0.1, 0.15) is 25.3 Å². The SMILES string of the molecule is CC1CCCN(CC(=O)N2CCc3cc([N+](=O)[O-])ccc32)C1CO. The number of aliphatic hydroxyl groups excluding tert-OH is 1. The predicted molar refractivity (Wildman–Crippen MR) is 90.0 cm³/mol. The van der Waals surface area contributed by atoms with Crippen LogP contribution < -0.4 is 4.90 Å². The third-order valence-corrected chi connectivity index (χ3v) is 5.23. The Morgan fingerprint density at radius 1 is 1.42 bits per heavy atom. The van der Waals surface area contributed by atoms with Crippen molar-refractivity contribution in [2.45, 2.75) is 32.2 Å². The van der Waals surface area contributed by atoms with Crippen molar-refractivity contribution in [1.82, 2.24) is 4.90 Å². The summed E-state index contributed by atoms with van der Waals surface area (Å²) in [7, 11) is 0. The summed E-state index contributed by atoms with van der Waals surface area (Å²) in [5, 5.41) is 20.5.